The zero-order chi connectivity index (χ0) is 25.4. The number of nitrogens with zero attached hydrogens (tertiary/aromatic N) is 3. The molecule has 4 amide bonds. The van der Waals surface area contributed by atoms with Crippen LogP contribution in [0.4, 0.5) is 4.79 Å². The van der Waals surface area contributed by atoms with Crippen molar-refractivity contribution in [2.24, 2.45) is 0 Å². The third-order valence-corrected chi connectivity index (χ3v) is 8.01. The molecule has 5 rings (SSSR count). The van der Waals surface area contributed by atoms with Crippen LogP contribution in [0.3, 0.4) is 0 Å². The Balaban J connectivity index is 1.41. The van der Waals surface area contributed by atoms with E-state index in [0.717, 1.165) is 36.0 Å². The number of para-hydroxylation sites is 1. The van der Waals surface area contributed by atoms with Gasteiger partial charge in [0.1, 0.15) is 5.54 Å². The molecule has 186 valence electrons. The van der Waals surface area contributed by atoms with Gasteiger partial charge in [-0.2, -0.15) is 5.01 Å². The first kappa shape index (κ1) is 24.3. The first-order chi connectivity index (χ1) is 17.3. The zero-order valence-corrected chi connectivity index (χ0v) is 21.1. The number of thioether (sulfide) groups is 1. The predicted octanol–water partition coefficient (Wildman–Crippen LogP) is 3.73. The summed E-state index contributed by atoms with van der Waals surface area (Å²) < 4.78 is 1.44. The number of aromatic nitrogens is 2. The van der Waals surface area contributed by atoms with Crippen molar-refractivity contribution >= 4 is 52.1 Å². The van der Waals surface area contributed by atoms with Crippen LogP contribution in [0, 0.1) is 6.92 Å². The zero-order valence-electron chi connectivity index (χ0n) is 19.5. The van der Waals surface area contributed by atoms with Crippen LogP contribution in [0.1, 0.15) is 37.7 Å². The van der Waals surface area contributed by atoms with Gasteiger partial charge in [0.2, 0.25) is 5.91 Å². The van der Waals surface area contributed by atoms with E-state index in [1.165, 1.54) is 4.57 Å². The van der Waals surface area contributed by atoms with E-state index in [1.807, 2.05) is 0 Å². The second kappa shape index (κ2) is 9.59. The number of urea groups is 1. The first-order valence-corrected chi connectivity index (χ1v) is 13.0. The Morgan fingerprint density at radius 2 is 1.86 bits per heavy atom. The Hall–Kier alpha value is -3.37. The topological polar surface area (TPSA) is 113 Å². The maximum absolute atomic E-state index is 13.5. The molecule has 2 fully saturated rings. The van der Waals surface area contributed by atoms with E-state index < -0.39 is 23.4 Å². The lowest BCUT2D eigenvalue weighted by Crippen LogP contribution is -2.51. The molecular weight excluding hydrogens is 502 g/mol. The highest BCUT2D eigenvalue weighted by molar-refractivity contribution is 7.99. The summed E-state index contributed by atoms with van der Waals surface area (Å²) in [6.07, 6.45) is 3.83. The number of amides is 4. The summed E-state index contributed by atoms with van der Waals surface area (Å²) in [5.74, 6) is -1.16. The number of halogens is 1. The van der Waals surface area contributed by atoms with Crippen molar-refractivity contribution in [2.45, 2.75) is 49.7 Å². The molecule has 1 saturated carbocycles. The monoisotopic (exact) mass is 525 g/mol. The lowest BCUT2D eigenvalue weighted by molar-refractivity contribution is -0.139. The summed E-state index contributed by atoms with van der Waals surface area (Å²) in [7, 11) is 0. The molecule has 9 nitrogen and oxygen atoms in total. The third kappa shape index (κ3) is 4.24. The number of hydrogen-bond acceptors (Lipinski definition) is 6. The van der Waals surface area contributed by atoms with E-state index in [-0.39, 0.29) is 11.3 Å². The fourth-order valence-corrected chi connectivity index (χ4v) is 5.73. The molecule has 2 aliphatic rings. The van der Waals surface area contributed by atoms with Crippen molar-refractivity contribution < 1.29 is 14.4 Å². The molecule has 1 spiro atoms. The molecule has 0 unspecified atom stereocenters. The van der Waals surface area contributed by atoms with Crippen LogP contribution in [0.25, 0.3) is 16.6 Å². The van der Waals surface area contributed by atoms with Gasteiger partial charge in [-0.05, 0) is 49.6 Å². The maximum Gasteiger partial charge on any atom is 0.344 e. The molecular formula is C25H24ClN5O4S. The summed E-state index contributed by atoms with van der Waals surface area (Å²) in [4.78, 5) is 56.3. The quantitative estimate of drug-likeness (QED) is 0.298. The molecule has 2 N–H and O–H groups in total. The summed E-state index contributed by atoms with van der Waals surface area (Å²) >= 11 is 7.35. The largest absolute Gasteiger partial charge is 0.344 e. The van der Waals surface area contributed by atoms with Crippen LogP contribution >= 0.6 is 23.4 Å². The first-order valence-electron chi connectivity index (χ1n) is 11.7. The van der Waals surface area contributed by atoms with Gasteiger partial charge in [-0.1, -0.05) is 60.8 Å². The van der Waals surface area contributed by atoms with Crippen molar-refractivity contribution in [3.05, 3.63) is 63.4 Å². The Bertz CT molecular complexity index is 1450. The van der Waals surface area contributed by atoms with Gasteiger partial charge in [-0.25, -0.2) is 9.78 Å². The Morgan fingerprint density at radius 1 is 1.11 bits per heavy atom. The minimum atomic E-state index is -0.930. The molecule has 0 bridgehead atoms. The lowest BCUT2D eigenvalue weighted by Gasteiger charge is -2.30. The summed E-state index contributed by atoms with van der Waals surface area (Å²) in [6, 6.07) is 11.6. The minimum absolute atomic E-state index is 0.172. The molecule has 0 atom stereocenters. The number of carbonyl (C=O) groups excluding carboxylic acids is 3. The molecule has 0 radical (unpaired) electrons. The molecule has 36 heavy (non-hydrogen) atoms. The number of carbonyl (C=O) groups is 3. The molecule has 1 saturated heterocycles. The van der Waals surface area contributed by atoms with Gasteiger partial charge in [0.25, 0.3) is 11.5 Å². The smallest absolute Gasteiger partial charge is 0.322 e. The van der Waals surface area contributed by atoms with Gasteiger partial charge >= 0.3 is 6.03 Å². The number of fused-ring (bicyclic) bond motifs is 1. The molecule has 1 aromatic heterocycles. The van der Waals surface area contributed by atoms with Crippen LogP contribution < -0.4 is 16.3 Å². The van der Waals surface area contributed by atoms with Crippen LogP contribution in [0.5, 0.6) is 0 Å². The van der Waals surface area contributed by atoms with E-state index in [2.05, 4.69) is 15.7 Å². The standard InChI is InChI=1S/C25H24ClN5O4S/c1-15-17(26)9-7-11-19(15)30-21(33)16-8-3-4-10-18(16)27-24(30)36-14-20(32)29-31-22(34)25(28-23(31)35)12-5-2-6-13-25/h3-4,7-11H,2,5-6,12-14H2,1H3,(H,28,35)(H,29,32). The predicted molar refractivity (Wildman–Crippen MR) is 137 cm³/mol. The molecule has 1 aliphatic carbocycles. The Kier molecular flexibility index (Phi) is 6.48. The van der Waals surface area contributed by atoms with E-state index in [9.17, 15) is 19.2 Å². The molecule has 3 aromatic rings. The highest BCUT2D eigenvalue weighted by Crippen LogP contribution is 2.33. The number of imide groups is 1. The second-order valence-corrected chi connectivity index (χ2v) is 10.3. The van der Waals surface area contributed by atoms with E-state index in [0.29, 0.717) is 45.2 Å². The fourth-order valence-electron chi connectivity index (χ4n) is 4.76. The number of hydrazine groups is 1. The third-order valence-electron chi connectivity index (χ3n) is 6.66. The van der Waals surface area contributed by atoms with Crippen molar-refractivity contribution in [2.75, 3.05) is 5.75 Å². The number of nitrogens with one attached hydrogen (secondary N) is 2. The second-order valence-electron chi connectivity index (χ2n) is 8.97. The molecule has 2 aromatic carbocycles. The fraction of sp³-hybridized carbons (Fsp3) is 0.320. The summed E-state index contributed by atoms with van der Waals surface area (Å²) in [5, 5.41) is 4.76. The van der Waals surface area contributed by atoms with Crippen LogP contribution in [0.2, 0.25) is 5.02 Å². The van der Waals surface area contributed by atoms with Gasteiger partial charge in [-0.15, -0.1) is 0 Å². The van der Waals surface area contributed by atoms with Crippen molar-refractivity contribution in [3.8, 4) is 5.69 Å². The summed E-state index contributed by atoms with van der Waals surface area (Å²) in [5.41, 5.74) is 2.96. The Labute approximate surface area is 216 Å². The molecule has 1 aliphatic heterocycles. The van der Waals surface area contributed by atoms with E-state index in [4.69, 9.17) is 11.6 Å². The van der Waals surface area contributed by atoms with Crippen LogP contribution in [-0.4, -0.2) is 43.7 Å². The van der Waals surface area contributed by atoms with Crippen LogP contribution in [0.15, 0.2) is 52.4 Å². The molecule has 11 heteroatoms. The van der Waals surface area contributed by atoms with Gasteiger partial charge in [0, 0.05) is 5.02 Å². The van der Waals surface area contributed by atoms with Gasteiger partial charge in [0.05, 0.1) is 22.3 Å². The lowest BCUT2D eigenvalue weighted by atomic mass is 9.82. The van der Waals surface area contributed by atoms with Gasteiger partial charge in [0.15, 0.2) is 5.16 Å². The summed E-state index contributed by atoms with van der Waals surface area (Å²) in [6.45, 7) is 1.80. The van der Waals surface area contributed by atoms with Gasteiger partial charge < -0.3 is 5.32 Å². The number of rotatable bonds is 5. The maximum atomic E-state index is 13.5. The highest BCUT2D eigenvalue weighted by Gasteiger charge is 2.52. The van der Waals surface area contributed by atoms with Crippen molar-refractivity contribution in [1.29, 1.82) is 0 Å². The number of hydrogen-bond donors (Lipinski definition) is 2. The van der Waals surface area contributed by atoms with Crippen molar-refractivity contribution in [3.63, 3.8) is 0 Å². The highest BCUT2D eigenvalue weighted by atomic mass is 35.5. The minimum Gasteiger partial charge on any atom is -0.322 e. The average Bonchev–Trinajstić information content (AvgIpc) is 3.09. The SMILES string of the molecule is Cc1c(Cl)cccc1-n1c(SCC(=O)NN2C(=O)NC3(CCCCC3)C2=O)nc2ccccc2c1=O. The van der Waals surface area contributed by atoms with Crippen LogP contribution in [-0.2, 0) is 9.59 Å². The normalized spacial score (nSPS) is 17.0. The van der Waals surface area contributed by atoms with Gasteiger partial charge in [-0.3, -0.25) is 24.4 Å². The average molecular weight is 526 g/mol. The van der Waals surface area contributed by atoms with E-state index >= 15 is 0 Å². The van der Waals surface area contributed by atoms with E-state index in [1.54, 1.807) is 49.4 Å². The molecule has 2 heterocycles. The van der Waals surface area contributed by atoms with Crippen molar-refractivity contribution in [1.82, 2.24) is 25.3 Å². The Morgan fingerprint density at radius 3 is 2.64 bits per heavy atom. The number of benzene rings is 2.